The molecular formula is C11H12INO2. The third kappa shape index (κ3) is 2.25. The second-order valence-electron chi connectivity index (χ2n) is 3.52. The molecular weight excluding hydrogens is 305 g/mol. The van der Waals surface area contributed by atoms with Gasteiger partial charge in [-0.2, -0.15) is 0 Å². The predicted octanol–water partition coefficient (Wildman–Crippen LogP) is 2.38. The summed E-state index contributed by atoms with van der Waals surface area (Å²) >= 11 is 2.18. The fourth-order valence-corrected chi connectivity index (χ4v) is 2.12. The number of hydrogen-bond acceptors (Lipinski definition) is 2. The van der Waals surface area contributed by atoms with Crippen molar-refractivity contribution in [3.05, 3.63) is 23.8 Å². The average molecular weight is 317 g/mol. The van der Waals surface area contributed by atoms with E-state index in [9.17, 15) is 4.79 Å². The number of nitrogens with one attached hydrogen (secondary N) is 1. The first-order valence-corrected chi connectivity index (χ1v) is 6.07. The minimum absolute atomic E-state index is 0.0565. The molecule has 0 saturated heterocycles. The van der Waals surface area contributed by atoms with E-state index < -0.39 is 0 Å². The van der Waals surface area contributed by atoms with Gasteiger partial charge in [0.1, 0.15) is 5.75 Å². The van der Waals surface area contributed by atoms with Crippen molar-refractivity contribution in [2.45, 2.75) is 16.8 Å². The molecule has 4 heteroatoms. The van der Waals surface area contributed by atoms with Crippen molar-refractivity contribution < 1.29 is 9.53 Å². The number of aryl methyl sites for hydroxylation is 1. The molecule has 1 aromatic rings. The minimum atomic E-state index is 0.0565. The van der Waals surface area contributed by atoms with Crippen LogP contribution in [0.5, 0.6) is 5.75 Å². The molecule has 1 amide bonds. The van der Waals surface area contributed by atoms with Gasteiger partial charge in [0.25, 0.3) is 0 Å². The lowest BCUT2D eigenvalue weighted by molar-refractivity contribution is -0.115. The molecule has 2 rings (SSSR count). The number of alkyl halides is 1. The van der Waals surface area contributed by atoms with Crippen LogP contribution in [0.4, 0.5) is 5.69 Å². The van der Waals surface area contributed by atoms with Gasteiger partial charge in [0, 0.05) is 5.69 Å². The van der Waals surface area contributed by atoms with Gasteiger partial charge in [-0.3, -0.25) is 4.79 Å². The summed E-state index contributed by atoms with van der Waals surface area (Å²) < 4.78 is 5.22. The molecule has 1 heterocycles. The Bertz CT molecular complexity index is 392. The van der Waals surface area contributed by atoms with E-state index in [1.165, 1.54) is 0 Å². The first-order chi connectivity index (χ1) is 7.20. The summed E-state index contributed by atoms with van der Waals surface area (Å²) in [7, 11) is 1.65. The lowest BCUT2D eigenvalue weighted by atomic mass is 10.1. The van der Waals surface area contributed by atoms with E-state index >= 15 is 0 Å². The second-order valence-corrected chi connectivity index (χ2v) is 5.02. The van der Waals surface area contributed by atoms with E-state index in [0.29, 0.717) is 0 Å². The molecule has 1 N–H and O–H groups in total. The first-order valence-electron chi connectivity index (χ1n) is 4.82. The minimum Gasteiger partial charge on any atom is -0.497 e. The SMILES string of the molecule is COc1ccc2c(c1)CCC(I)C(=O)N2. The fourth-order valence-electron chi connectivity index (χ4n) is 1.65. The Labute approximate surface area is 102 Å². The third-order valence-corrected chi connectivity index (χ3v) is 3.71. The van der Waals surface area contributed by atoms with E-state index in [1.807, 2.05) is 18.2 Å². The molecule has 0 aliphatic carbocycles. The number of anilines is 1. The van der Waals surface area contributed by atoms with Crippen LogP contribution in [0.3, 0.4) is 0 Å². The van der Waals surface area contributed by atoms with Gasteiger partial charge in [-0.1, -0.05) is 22.6 Å². The Balaban J connectivity index is 2.34. The maximum atomic E-state index is 11.6. The molecule has 15 heavy (non-hydrogen) atoms. The van der Waals surface area contributed by atoms with E-state index in [-0.39, 0.29) is 9.83 Å². The molecule has 1 aromatic carbocycles. The molecule has 0 fully saturated rings. The Morgan fingerprint density at radius 2 is 2.33 bits per heavy atom. The van der Waals surface area contributed by atoms with Gasteiger partial charge >= 0.3 is 0 Å². The number of carbonyl (C=O) groups excluding carboxylic acids is 1. The predicted molar refractivity (Wildman–Crippen MR) is 67.8 cm³/mol. The molecule has 0 saturated carbocycles. The largest absolute Gasteiger partial charge is 0.497 e. The van der Waals surface area contributed by atoms with Crippen molar-refractivity contribution in [2.75, 3.05) is 12.4 Å². The quantitative estimate of drug-likeness (QED) is 0.638. The molecule has 1 aliphatic heterocycles. The van der Waals surface area contributed by atoms with Crippen LogP contribution in [0.1, 0.15) is 12.0 Å². The number of ether oxygens (including phenoxy) is 1. The Kier molecular flexibility index (Phi) is 3.14. The maximum Gasteiger partial charge on any atom is 0.237 e. The van der Waals surface area contributed by atoms with Crippen LogP contribution in [0, 0.1) is 0 Å². The zero-order valence-corrected chi connectivity index (χ0v) is 10.6. The molecule has 0 radical (unpaired) electrons. The van der Waals surface area contributed by atoms with Gasteiger partial charge in [-0.05, 0) is 36.6 Å². The summed E-state index contributed by atoms with van der Waals surface area (Å²) in [5.41, 5.74) is 2.07. The van der Waals surface area contributed by atoms with E-state index in [0.717, 1.165) is 29.8 Å². The lowest BCUT2D eigenvalue weighted by Crippen LogP contribution is -2.20. The molecule has 0 aromatic heterocycles. The van der Waals surface area contributed by atoms with Crippen LogP contribution in [-0.4, -0.2) is 16.9 Å². The van der Waals surface area contributed by atoms with Crippen LogP contribution in [-0.2, 0) is 11.2 Å². The van der Waals surface area contributed by atoms with Gasteiger partial charge < -0.3 is 10.1 Å². The summed E-state index contributed by atoms with van der Waals surface area (Å²) in [4.78, 5) is 11.6. The highest BCUT2D eigenvalue weighted by molar-refractivity contribution is 14.1. The van der Waals surface area contributed by atoms with Gasteiger partial charge in [-0.25, -0.2) is 0 Å². The van der Waals surface area contributed by atoms with Crippen molar-refractivity contribution in [1.82, 2.24) is 0 Å². The van der Waals surface area contributed by atoms with E-state index in [1.54, 1.807) is 7.11 Å². The van der Waals surface area contributed by atoms with E-state index in [2.05, 4.69) is 27.9 Å². The summed E-state index contributed by atoms with van der Waals surface area (Å²) in [6.07, 6.45) is 1.80. The number of amides is 1. The number of rotatable bonds is 1. The van der Waals surface area contributed by atoms with Gasteiger partial charge in [0.15, 0.2) is 0 Å². The second kappa shape index (κ2) is 4.38. The smallest absolute Gasteiger partial charge is 0.237 e. The van der Waals surface area contributed by atoms with Crippen LogP contribution in [0.25, 0.3) is 0 Å². The third-order valence-electron chi connectivity index (χ3n) is 2.52. The van der Waals surface area contributed by atoms with Crippen LogP contribution in [0.2, 0.25) is 0 Å². The number of carbonyl (C=O) groups is 1. The van der Waals surface area contributed by atoms with Crippen molar-refractivity contribution >= 4 is 34.2 Å². The van der Waals surface area contributed by atoms with Crippen molar-refractivity contribution in [3.8, 4) is 5.75 Å². The molecule has 1 aliphatic rings. The summed E-state index contributed by atoms with van der Waals surface area (Å²) in [6.45, 7) is 0. The number of fused-ring (bicyclic) bond motifs is 1. The zero-order valence-electron chi connectivity index (χ0n) is 8.42. The highest BCUT2D eigenvalue weighted by Gasteiger charge is 2.20. The fraction of sp³-hybridized carbons (Fsp3) is 0.364. The summed E-state index contributed by atoms with van der Waals surface area (Å²) in [5, 5.41) is 2.92. The Morgan fingerprint density at radius 3 is 3.07 bits per heavy atom. The molecule has 0 spiro atoms. The molecule has 80 valence electrons. The molecule has 0 bridgehead atoms. The summed E-state index contributed by atoms with van der Waals surface area (Å²) in [5.74, 6) is 0.939. The van der Waals surface area contributed by atoms with Crippen molar-refractivity contribution in [2.24, 2.45) is 0 Å². The normalized spacial score (nSPS) is 20.1. The van der Waals surface area contributed by atoms with Crippen LogP contribution < -0.4 is 10.1 Å². The zero-order chi connectivity index (χ0) is 10.8. The lowest BCUT2D eigenvalue weighted by Gasteiger charge is -2.08. The van der Waals surface area contributed by atoms with Gasteiger partial charge in [-0.15, -0.1) is 0 Å². The Hall–Kier alpha value is -0.780. The molecule has 1 atom stereocenters. The van der Waals surface area contributed by atoms with E-state index in [4.69, 9.17) is 4.74 Å². The highest BCUT2D eigenvalue weighted by Crippen LogP contribution is 2.28. The standard InChI is InChI=1S/C11H12INO2/c1-15-8-3-5-10-7(6-8)2-4-9(12)11(14)13-10/h3,5-6,9H,2,4H2,1H3,(H,13,14). The number of halogens is 1. The number of hydrogen-bond donors (Lipinski definition) is 1. The van der Waals surface area contributed by atoms with Crippen LogP contribution >= 0.6 is 22.6 Å². The maximum absolute atomic E-state index is 11.6. The van der Waals surface area contributed by atoms with Crippen molar-refractivity contribution in [1.29, 1.82) is 0 Å². The van der Waals surface area contributed by atoms with Crippen molar-refractivity contribution in [3.63, 3.8) is 0 Å². The first kappa shape index (κ1) is 10.7. The molecule has 1 unspecified atom stereocenters. The Morgan fingerprint density at radius 1 is 1.53 bits per heavy atom. The van der Waals surface area contributed by atoms with Crippen LogP contribution in [0.15, 0.2) is 18.2 Å². The van der Waals surface area contributed by atoms with Gasteiger partial charge in [0.2, 0.25) is 5.91 Å². The topological polar surface area (TPSA) is 38.3 Å². The number of methoxy groups -OCH3 is 1. The summed E-state index contributed by atoms with van der Waals surface area (Å²) in [6, 6.07) is 5.76. The monoisotopic (exact) mass is 317 g/mol. The highest BCUT2D eigenvalue weighted by atomic mass is 127. The van der Waals surface area contributed by atoms with Gasteiger partial charge in [0.05, 0.1) is 11.0 Å². The number of benzene rings is 1. The molecule has 3 nitrogen and oxygen atoms in total. The average Bonchev–Trinajstić information content (AvgIpc) is 2.39.